The SMILES string of the molecule is O=C(NC1c2ccccc2CC1Br)c1cncnc1. The van der Waals surface area contributed by atoms with Gasteiger partial charge in [-0.05, 0) is 17.5 Å². The van der Waals surface area contributed by atoms with Crippen LogP contribution in [0.5, 0.6) is 0 Å². The van der Waals surface area contributed by atoms with Crippen LogP contribution in [0.2, 0.25) is 0 Å². The van der Waals surface area contributed by atoms with Crippen LogP contribution in [0.15, 0.2) is 43.0 Å². The van der Waals surface area contributed by atoms with E-state index in [1.165, 1.54) is 29.8 Å². The Morgan fingerprint density at radius 2 is 2.00 bits per heavy atom. The summed E-state index contributed by atoms with van der Waals surface area (Å²) in [4.78, 5) is 20.1. The van der Waals surface area contributed by atoms with E-state index in [1.807, 2.05) is 12.1 Å². The number of halogens is 1. The molecule has 0 saturated heterocycles. The Balaban J connectivity index is 1.82. The van der Waals surface area contributed by atoms with Gasteiger partial charge in [0.05, 0.1) is 11.6 Å². The Morgan fingerprint density at radius 3 is 2.79 bits per heavy atom. The summed E-state index contributed by atoms with van der Waals surface area (Å²) in [5.74, 6) is -0.147. The van der Waals surface area contributed by atoms with Crippen molar-refractivity contribution >= 4 is 21.8 Å². The van der Waals surface area contributed by atoms with Crippen molar-refractivity contribution < 1.29 is 4.79 Å². The molecule has 1 amide bonds. The summed E-state index contributed by atoms with van der Waals surface area (Å²) in [6, 6.07) is 8.16. The van der Waals surface area contributed by atoms with Crippen molar-refractivity contribution in [2.24, 2.45) is 0 Å². The number of rotatable bonds is 2. The standard InChI is InChI=1S/C14H12BrN3O/c15-12-5-9-3-1-2-4-11(9)13(12)18-14(19)10-6-16-8-17-7-10/h1-4,6-8,12-13H,5H2,(H,18,19). The molecule has 0 saturated carbocycles. The average Bonchev–Trinajstić information content (AvgIpc) is 2.76. The van der Waals surface area contributed by atoms with Gasteiger partial charge >= 0.3 is 0 Å². The number of amides is 1. The average molecular weight is 318 g/mol. The van der Waals surface area contributed by atoms with Gasteiger partial charge in [-0.25, -0.2) is 9.97 Å². The molecule has 4 nitrogen and oxygen atoms in total. The molecule has 2 unspecified atom stereocenters. The number of carbonyl (C=O) groups is 1. The van der Waals surface area contributed by atoms with Crippen molar-refractivity contribution in [3.05, 3.63) is 59.7 Å². The van der Waals surface area contributed by atoms with Crippen LogP contribution in [0.25, 0.3) is 0 Å². The second-order valence-corrected chi connectivity index (χ2v) is 5.67. The van der Waals surface area contributed by atoms with Crippen molar-refractivity contribution in [1.82, 2.24) is 15.3 Å². The van der Waals surface area contributed by atoms with Gasteiger partial charge in [0.25, 0.3) is 5.91 Å². The van der Waals surface area contributed by atoms with Crippen molar-refractivity contribution in [3.8, 4) is 0 Å². The summed E-state index contributed by atoms with van der Waals surface area (Å²) >= 11 is 3.64. The molecular weight excluding hydrogens is 306 g/mol. The first kappa shape index (κ1) is 12.3. The molecule has 0 radical (unpaired) electrons. The number of fused-ring (bicyclic) bond motifs is 1. The Morgan fingerprint density at radius 1 is 1.26 bits per heavy atom. The van der Waals surface area contributed by atoms with Crippen LogP contribution in [-0.4, -0.2) is 20.7 Å². The zero-order chi connectivity index (χ0) is 13.2. The second kappa shape index (κ2) is 5.09. The number of aromatic nitrogens is 2. The molecule has 2 atom stereocenters. The normalized spacial score (nSPS) is 20.9. The highest BCUT2D eigenvalue weighted by molar-refractivity contribution is 9.09. The van der Waals surface area contributed by atoms with Gasteiger partial charge in [-0.15, -0.1) is 0 Å². The lowest BCUT2D eigenvalue weighted by molar-refractivity contribution is 0.0937. The molecule has 1 N–H and O–H groups in total. The highest BCUT2D eigenvalue weighted by atomic mass is 79.9. The van der Waals surface area contributed by atoms with Gasteiger partial charge in [-0.1, -0.05) is 40.2 Å². The molecule has 0 spiro atoms. The first-order valence-electron chi connectivity index (χ1n) is 6.03. The molecule has 2 aromatic rings. The number of alkyl halides is 1. The largest absolute Gasteiger partial charge is 0.344 e. The first-order valence-corrected chi connectivity index (χ1v) is 6.95. The Kier molecular flexibility index (Phi) is 3.29. The predicted molar refractivity (Wildman–Crippen MR) is 75.1 cm³/mol. The van der Waals surface area contributed by atoms with E-state index >= 15 is 0 Å². The summed E-state index contributed by atoms with van der Waals surface area (Å²) in [6.45, 7) is 0. The summed E-state index contributed by atoms with van der Waals surface area (Å²) in [5, 5.41) is 3.04. The Labute approximate surface area is 119 Å². The van der Waals surface area contributed by atoms with Crippen LogP contribution in [0.4, 0.5) is 0 Å². The summed E-state index contributed by atoms with van der Waals surface area (Å²) in [6.07, 6.45) is 5.38. The topological polar surface area (TPSA) is 54.9 Å². The molecule has 5 heteroatoms. The fraction of sp³-hybridized carbons (Fsp3) is 0.214. The van der Waals surface area contributed by atoms with Gasteiger partial charge in [0.15, 0.2) is 0 Å². The molecule has 0 aliphatic heterocycles. The lowest BCUT2D eigenvalue weighted by Crippen LogP contribution is -2.31. The van der Waals surface area contributed by atoms with Crippen molar-refractivity contribution in [2.45, 2.75) is 17.3 Å². The van der Waals surface area contributed by atoms with E-state index in [4.69, 9.17) is 0 Å². The van der Waals surface area contributed by atoms with Gasteiger partial charge in [0.2, 0.25) is 0 Å². The third kappa shape index (κ3) is 2.38. The molecule has 1 aliphatic rings. The fourth-order valence-electron chi connectivity index (χ4n) is 2.36. The van der Waals surface area contributed by atoms with Gasteiger partial charge in [0, 0.05) is 17.2 Å². The lowest BCUT2D eigenvalue weighted by Gasteiger charge is -2.17. The van der Waals surface area contributed by atoms with Crippen LogP contribution in [0.3, 0.4) is 0 Å². The highest BCUT2D eigenvalue weighted by Gasteiger charge is 2.31. The predicted octanol–water partition coefficient (Wildman–Crippen LogP) is 2.27. The second-order valence-electron chi connectivity index (χ2n) is 4.50. The van der Waals surface area contributed by atoms with E-state index in [9.17, 15) is 4.79 Å². The Bertz CT molecular complexity index is 603. The van der Waals surface area contributed by atoms with Gasteiger partial charge < -0.3 is 5.32 Å². The third-order valence-electron chi connectivity index (χ3n) is 3.28. The van der Waals surface area contributed by atoms with E-state index < -0.39 is 0 Å². The van der Waals surface area contributed by atoms with Gasteiger partial charge in [-0.3, -0.25) is 4.79 Å². The third-order valence-corrected chi connectivity index (χ3v) is 4.13. The number of nitrogens with zero attached hydrogens (tertiary/aromatic N) is 2. The van der Waals surface area contributed by atoms with Crippen LogP contribution in [0.1, 0.15) is 27.5 Å². The van der Waals surface area contributed by atoms with Crippen molar-refractivity contribution in [1.29, 1.82) is 0 Å². The van der Waals surface area contributed by atoms with Crippen LogP contribution in [0, 0.1) is 0 Å². The quantitative estimate of drug-likeness (QED) is 0.864. The molecule has 3 rings (SSSR count). The minimum Gasteiger partial charge on any atom is -0.344 e. The Hall–Kier alpha value is -1.75. The van der Waals surface area contributed by atoms with Crippen LogP contribution < -0.4 is 5.32 Å². The summed E-state index contributed by atoms with van der Waals surface area (Å²) in [5.41, 5.74) is 2.93. The lowest BCUT2D eigenvalue weighted by atomic mass is 10.1. The van der Waals surface area contributed by atoms with E-state index in [0.29, 0.717) is 5.56 Å². The summed E-state index contributed by atoms with van der Waals surface area (Å²) < 4.78 is 0. The molecular formula is C14H12BrN3O. The minimum absolute atomic E-state index is 0.0103. The first-order chi connectivity index (χ1) is 9.25. The maximum Gasteiger partial charge on any atom is 0.254 e. The molecule has 19 heavy (non-hydrogen) atoms. The van der Waals surface area contributed by atoms with Crippen molar-refractivity contribution in [2.75, 3.05) is 0 Å². The molecule has 1 heterocycles. The zero-order valence-corrected chi connectivity index (χ0v) is 11.7. The smallest absolute Gasteiger partial charge is 0.254 e. The van der Waals surface area contributed by atoms with Gasteiger partial charge in [0.1, 0.15) is 6.33 Å². The molecule has 0 fully saturated rings. The van der Waals surface area contributed by atoms with Crippen molar-refractivity contribution in [3.63, 3.8) is 0 Å². The number of nitrogens with one attached hydrogen (secondary N) is 1. The number of carbonyl (C=O) groups excluding carboxylic acids is 1. The van der Waals surface area contributed by atoms with E-state index in [-0.39, 0.29) is 16.8 Å². The molecule has 1 aliphatic carbocycles. The highest BCUT2D eigenvalue weighted by Crippen LogP contribution is 2.35. The minimum atomic E-state index is -0.147. The maximum absolute atomic E-state index is 12.1. The molecule has 0 bridgehead atoms. The fourth-order valence-corrected chi connectivity index (χ4v) is 3.12. The van der Waals surface area contributed by atoms with Crippen LogP contribution in [-0.2, 0) is 6.42 Å². The zero-order valence-electron chi connectivity index (χ0n) is 10.1. The number of benzene rings is 1. The van der Waals surface area contributed by atoms with E-state index in [0.717, 1.165) is 6.42 Å². The van der Waals surface area contributed by atoms with Crippen LogP contribution >= 0.6 is 15.9 Å². The monoisotopic (exact) mass is 317 g/mol. The maximum atomic E-state index is 12.1. The van der Waals surface area contributed by atoms with E-state index in [2.05, 4.69) is 43.3 Å². The number of hydrogen-bond donors (Lipinski definition) is 1. The molecule has 1 aromatic carbocycles. The number of hydrogen-bond acceptors (Lipinski definition) is 3. The molecule has 96 valence electrons. The van der Waals surface area contributed by atoms with E-state index in [1.54, 1.807) is 0 Å². The summed E-state index contributed by atoms with van der Waals surface area (Å²) in [7, 11) is 0. The molecule has 1 aromatic heterocycles. The van der Waals surface area contributed by atoms with Gasteiger partial charge in [-0.2, -0.15) is 0 Å².